The second kappa shape index (κ2) is 5.74. The standard InChI is InChI=1S/C8H13N3O3S/c1-14-6-7(9)10-4-11-8(6)15-3-5(13)2-12/h4-5,12-13H,2-3H2,1H3,(H2,9,10,11). The molecule has 0 radical (unpaired) electrons. The van der Waals surface area contributed by atoms with Crippen LogP contribution in [-0.4, -0.2) is 45.8 Å². The number of anilines is 1. The summed E-state index contributed by atoms with van der Waals surface area (Å²) in [5.41, 5.74) is 5.57. The van der Waals surface area contributed by atoms with Crippen LogP contribution in [0.1, 0.15) is 0 Å². The molecule has 6 nitrogen and oxygen atoms in total. The minimum atomic E-state index is -0.782. The normalized spacial score (nSPS) is 12.5. The number of hydrogen-bond acceptors (Lipinski definition) is 7. The van der Waals surface area contributed by atoms with Crippen LogP contribution in [0.3, 0.4) is 0 Å². The molecule has 0 saturated heterocycles. The smallest absolute Gasteiger partial charge is 0.193 e. The van der Waals surface area contributed by atoms with Crippen LogP contribution in [-0.2, 0) is 0 Å². The van der Waals surface area contributed by atoms with E-state index in [1.165, 1.54) is 25.2 Å². The fourth-order valence-electron chi connectivity index (χ4n) is 0.893. The highest BCUT2D eigenvalue weighted by atomic mass is 32.2. The summed E-state index contributed by atoms with van der Waals surface area (Å²) in [7, 11) is 1.47. The van der Waals surface area contributed by atoms with Gasteiger partial charge in [-0.25, -0.2) is 9.97 Å². The van der Waals surface area contributed by atoms with Gasteiger partial charge in [0.2, 0.25) is 0 Å². The van der Waals surface area contributed by atoms with Crippen molar-refractivity contribution in [2.24, 2.45) is 0 Å². The van der Waals surface area contributed by atoms with Crippen LogP contribution < -0.4 is 10.5 Å². The minimum absolute atomic E-state index is 0.258. The van der Waals surface area contributed by atoms with Crippen molar-refractivity contribution >= 4 is 17.6 Å². The van der Waals surface area contributed by atoms with Gasteiger partial charge in [0.25, 0.3) is 0 Å². The van der Waals surface area contributed by atoms with Crippen molar-refractivity contribution in [1.29, 1.82) is 0 Å². The van der Waals surface area contributed by atoms with Crippen molar-refractivity contribution in [2.75, 3.05) is 25.2 Å². The lowest BCUT2D eigenvalue weighted by molar-refractivity contribution is 0.113. The number of ether oxygens (including phenoxy) is 1. The molecule has 1 aromatic rings. The second-order valence-corrected chi connectivity index (χ2v) is 3.75. The molecule has 1 atom stereocenters. The summed E-state index contributed by atoms with van der Waals surface area (Å²) in [6.45, 7) is -0.282. The van der Waals surface area contributed by atoms with Gasteiger partial charge in [-0.05, 0) is 0 Å². The number of nitrogen functional groups attached to an aromatic ring is 1. The summed E-state index contributed by atoms with van der Waals surface area (Å²) in [4.78, 5) is 7.75. The van der Waals surface area contributed by atoms with Crippen molar-refractivity contribution in [2.45, 2.75) is 11.1 Å². The molecule has 0 fully saturated rings. The molecule has 0 bridgehead atoms. The van der Waals surface area contributed by atoms with Gasteiger partial charge in [-0.2, -0.15) is 0 Å². The van der Waals surface area contributed by atoms with Gasteiger partial charge in [-0.1, -0.05) is 11.8 Å². The Morgan fingerprint density at radius 3 is 2.93 bits per heavy atom. The van der Waals surface area contributed by atoms with Crippen LogP contribution in [0, 0.1) is 0 Å². The molecule has 0 spiro atoms. The first kappa shape index (κ1) is 12.0. The van der Waals surface area contributed by atoms with Gasteiger partial charge >= 0.3 is 0 Å². The largest absolute Gasteiger partial charge is 0.490 e. The van der Waals surface area contributed by atoms with E-state index in [2.05, 4.69) is 9.97 Å². The Hall–Kier alpha value is -1.05. The number of rotatable bonds is 5. The molecule has 0 saturated carbocycles. The molecule has 84 valence electrons. The fourth-order valence-corrected chi connectivity index (χ4v) is 1.79. The van der Waals surface area contributed by atoms with Gasteiger partial charge in [-0.3, -0.25) is 0 Å². The van der Waals surface area contributed by atoms with Crippen LogP contribution in [0.4, 0.5) is 5.82 Å². The van der Waals surface area contributed by atoms with Crippen LogP contribution in [0.15, 0.2) is 11.4 Å². The molecule has 0 aliphatic rings. The second-order valence-electron chi connectivity index (χ2n) is 2.74. The first-order valence-electron chi connectivity index (χ1n) is 4.25. The van der Waals surface area contributed by atoms with Crippen molar-refractivity contribution in [3.05, 3.63) is 6.33 Å². The van der Waals surface area contributed by atoms with Gasteiger partial charge in [0, 0.05) is 5.75 Å². The molecule has 1 unspecified atom stereocenters. The SMILES string of the molecule is COc1c(N)ncnc1SCC(O)CO. The van der Waals surface area contributed by atoms with Gasteiger partial charge in [0.1, 0.15) is 11.4 Å². The Labute approximate surface area is 91.5 Å². The molecule has 0 aromatic carbocycles. The topological polar surface area (TPSA) is 101 Å². The fraction of sp³-hybridized carbons (Fsp3) is 0.500. The monoisotopic (exact) mass is 231 g/mol. The number of thioether (sulfide) groups is 1. The average molecular weight is 231 g/mol. The van der Waals surface area contributed by atoms with Crippen molar-refractivity contribution in [1.82, 2.24) is 9.97 Å². The van der Waals surface area contributed by atoms with Crippen LogP contribution in [0.2, 0.25) is 0 Å². The predicted molar refractivity (Wildman–Crippen MR) is 56.8 cm³/mol. The zero-order valence-electron chi connectivity index (χ0n) is 8.25. The molecule has 1 aromatic heterocycles. The summed E-state index contributed by atoms with van der Waals surface area (Å²) in [6, 6.07) is 0. The number of nitrogens with two attached hydrogens (primary N) is 1. The van der Waals surface area contributed by atoms with Gasteiger partial charge in [-0.15, -0.1) is 0 Å². The highest BCUT2D eigenvalue weighted by Crippen LogP contribution is 2.30. The lowest BCUT2D eigenvalue weighted by Gasteiger charge is -2.09. The van der Waals surface area contributed by atoms with Crippen molar-refractivity contribution in [3.63, 3.8) is 0 Å². The first-order chi connectivity index (χ1) is 7.19. The zero-order chi connectivity index (χ0) is 11.3. The number of aromatic nitrogens is 2. The van der Waals surface area contributed by atoms with E-state index >= 15 is 0 Å². The molecule has 7 heteroatoms. The maximum Gasteiger partial charge on any atom is 0.193 e. The summed E-state index contributed by atoms with van der Waals surface area (Å²) in [6.07, 6.45) is 0.543. The third kappa shape index (κ3) is 3.22. The number of hydrogen-bond donors (Lipinski definition) is 3. The lowest BCUT2D eigenvalue weighted by Crippen LogP contribution is -2.14. The Morgan fingerprint density at radius 2 is 2.33 bits per heavy atom. The summed E-state index contributed by atoms with van der Waals surface area (Å²) in [5, 5.41) is 18.4. The molecule has 15 heavy (non-hydrogen) atoms. The molecule has 4 N–H and O–H groups in total. The molecule has 1 heterocycles. The van der Waals surface area contributed by atoms with E-state index in [4.69, 9.17) is 20.7 Å². The molecular formula is C8H13N3O3S. The molecule has 1 rings (SSSR count). The van der Waals surface area contributed by atoms with Crippen molar-refractivity contribution in [3.8, 4) is 5.75 Å². The minimum Gasteiger partial charge on any atom is -0.490 e. The Kier molecular flexibility index (Phi) is 4.60. The van der Waals surface area contributed by atoms with E-state index in [1.54, 1.807) is 0 Å². The van der Waals surface area contributed by atoms with Crippen molar-refractivity contribution < 1.29 is 14.9 Å². The summed E-state index contributed by atoms with van der Waals surface area (Å²) >= 11 is 1.25. The maximum absolute atomic E-state index is 9.17. The van der Waals surface area contributed by atoms with E-state index in [9.17, 15) is 0 Å². The first-order valence-corrected chi connectivity index (χ1v) is 5.23. The quantitative estimate of drug-likeness (QED) is 0.464. The molecular weight excluding hydrogens is 218 g/mol. The molecule has 0 aliphatic carbocycles. The summed E-state index contributed by atoms with van der Waals surface area (Å²) in [5.74, 6) is 0.977. The highest BCUT2D eigenvalue weighted by molar-refractivity contribution is 7.99. The van der Waals surface area contributed by atoms with Gasteiger partial charge < -0.3 is 20.7 Å². The average Bonchev–Trinajstić information content (AvgIpc) is 2.25. The Balaban J connectivity index is 2.72. The van der Waals surface area contributed by atoms with Crippen LogP contribution in [0.5, 0.6) is 5.75 Å². The van der Waals surface area contributed by atoms with E-state index in [0.717, 1.165) is 0 Å². The van der Waals surface area contributed by atoms with Crippen LogP contribution in [0.25, 0.3) is 0 Å². The Morgan fingerprint density at radius 1 is 1.60 bits per heavy atom. The molecule has 0 amide bonds. The number of nitrogens with zero attached hydrogens (tertiary/aromatic N) is 2. The van der Waals surface area contributed by atoms with E-state index in [1.807, 2.05) is 0 Å². The molecule has 0 aliphatic heterocycles. The highest BCUT2D eigenvalue weighted by Gasteiger charge is 2.11. The van der Waals surface area contributed by atoms with Crippen LogP contribution >= 0.6 is 11.8 Å². The predicted octanol–water partition coefficient (Wildman–Crippen LogP) is -0.487. The van der Waals surface area contributed by atoms with E-state index < -0.39 is 6.10 Å². The van der Waals surface area contributed by atoms with E-state index in [-0.39, 0.29) is 12.4 Å². The number of methoxy groups -OCH3 is 1. The third-order valence-corrected chi connectivity index (χ3v) is 2.74. The van der Waals surface area contributed by atoms with Gasteiger partial charge in [0.05, 0.1) is 19.8 Å². The van der Waals surface area contributed by atoms with E-state index in [0.29, 0.717) is 16.5 Å². The Bertz CT molecular complexity index is 324. The lowest BCUT2D eigenvalue weighted by atomic mass is 10.4. The maximum atomic E-state index is 9.17. The van der Waals surface area contributed by atoms with Gasteiger partial charge in [0.15, 0.2) is 11.6 Å². The number of aliphatic hydroxyl groups excluding tert-OH is 2. The summed E-state index contributed by atoms with van der Waals surface area (Å²) < 4.78 is 5.03. The number of aliphatic hydroxyl groups is 2. The third-order valence-electron chi connectivity index (χ3n) is 1.63. The zero-order valence-corrected chi connectivity index (χ0v) is 9.07.